The minimum Gasteiger partial charge on any atom is -0.481 e. The van der Waals surface area contributed by atoms with Crippen molar-refractivity contribution in [3.8, 4) is 0 Å². The maximum atomic E-state index is 11.4. The molecule has 0 heterocycles. The van der Waals surface area contributed by atoms with Crippen LogP contribution in [0.4, 0.5) is 0 Å². The van der Waals surface area contributed by atoms with Crippen LogP contribution in [-0.2, 0) is 4.79 Å². The molecule has 0 saturated heterocycles. The van der Waals surface area contributed by atoms with E-state index in [0.29, 0.717) is 5.41 Å². The molecule has 1 atom stereocenters. The Labute approximate surface area is 158 Å². The van der Waals surface area contributed by atoms with Crippen LogP contribution in [0.25, 0.3) is 0 Å². The molecule has 0 aliphatic heterocycles. The summed E-state index contributed by atoms with van der Waals surface area (Å²) in [5.41, 5.74) is 0.405. The Bertz CT molecular complexity index is 304. The molecule has 0 fully saturated rings. The Morgan fingerprint density at radius 1 is 0.720 bits per heavy atom. The Morgan fingerprint density at radius 2 is 1.12 bits per heavy atom. The molecule has 150 valence electrons. The molecule has 25 heavy (non-hydrogen) atoms. The highest BCUT2D eigenvalue weighted by Crippen LogP contribution is 2.24. The van der Waals surface area contributed by atoms with Crippen LogP contribution in [0.2, 0.25) is 0 Å². The summed E-state index contributed by atoms with van der Waals surface area (Å²) in [7, 11) is 0. The van der Waals surface area contributed by atoms with Gasteiger partial charge in [0, 0.05) is 0 Å². The second-order valence-corrected chi connectivity index (χ2v) is 9.17. The van der Waals surface area contributed by atoms with Gasteiger partial charge in [-0.25, -0.2) is 0 Å². The lowest BCUT2D eigenvalue weighted by Gasteiger charge is -2.18. The van der Waals surface area contributed by atoms with Gasteiger partial charge >= 0.3 is 5.97 Å². The molecule has 0 aromatic heterocycles. The third kappa shape index (κ3) is 18.1. The first kappa shape index (κ1) is 24.5. The maximum Gasteiger partial charge on any atom is 0.306 e. The van der Waals surface area contributed by atoms with Crippen molar-refractivity contribution in [2.45, 2.75) is 130 Å². The lowest BCUT2D eigenvalue weighted by atomic mass is 9.88. The second kappa shape index (κ2) is 15.7. The van der Waals surface area contributed by atoms with Gasteiger partial charge in [-0.15, -0.1) is 0 Å². The molecule has 0 aliphatic rings. The summed E-state index contributed by atoms with van der Waals surface area (Å²) in [6, 6.07) is 0. The summed E-state index contributed by atoms with van der Waals surface area (Å²) in [4.78, 5) is 11.4. The highest BCUT2D eigenvalue weighted by molar-refractivity contribution is 5.69. The van der Waals surface area contributed by atoms with Gasteiger partial charge in [0.05, 0.1) is 5.92 Å². The van der Waals surface area contributed by atoms with E-state index in [4.69, 9.17) is 0 Å². The highest BCUT2D eigenvalue weighted by atomic mass is 16.4. The van der Waals surface area contributed by atoms with Gasteiger partial charge in [-0.3, -0.25) is 4.79 Å². The van der Waals surface area contributed by atoms with Crippen LogP contribution in [0.5, 0.6) is 0 Å². The third-order valence-corrected chi connectivity index (χ3v) is 5.23. The largest absolute Gasteiger partial charge is 0.481 e. The molecule has 0 aromatic carbocycles. The molecule has 0 bridgehead atoms. The molecule has 2 nitrogen and oxygen atoms in total. The molecule has 0 radical (unpaired) electrons. The fourth-order valence-corrected chi connectivity index (χ4v) is 3.49. The van der Waals surface area contributed by atoms with Gasteiger partial charge in [0.2, 0.25) is 0 Å². The first-order valence-electron chi connectivity index (χ1n) is 11.1. The first-order valence-corrected chi connectivity index (χ1v) is 11.1. The zero-order chi connectivity index (χ0) is 19.0. The average Bonchev–Trinajstić information content (AvgIpc) is 2.53. The molecule has 1 unspecified atom stereocenters. The van der Waals surface area contributed by atoms with Crippen molar-refractivity contribution in [1.82, 2.24) is 0 Å². The molecule has 0 amide bonds. The van der Waals surface area contributed by atoms with Crippen LogP contribution in [0.3, 0.4) is 0 Å². The second-order valence-electron chi connectivity index (χ2n) is 9.17. The van der Waals surface area contributed by atoms with Crippen LogP contribution in [0.15, 0.2) is 0 Å². The van der Waals surface area contributed by atoms with E-state index in [-0.39, 0.29) is 5.92 Å². The van der Waals surface area contributed by atoms with E-state index >= 15 is 0 Å². The number of hydrogen-bond acceptors (Lipinski definition) is 1. The monoisotopic (exact) mass is 354 g/mol. The number of hydrogen-bond donors (Lipinski definition) is 1. The van der Waals surface area contributed by atoms with Crippen LogP contribution in [0.1, 0.15) is 130 Å². The van der Waals surface area contributed by atoms with Crippen LogP contribution < -0.4 is 0 Å². The zero-order valence-electron chi connectivity index (χ0n) is 17.7. The van der Waals surface area contributed by atoms with Crippen LogP contribution >= 0.6 is 0 Å². The molecule has 0 saturated carbocycles. The highest BCUT2D eigenvalue weighted by Gasteiger charge is 2.16. The van der Waals surface area contributed by atoms with Gasteiger partial charge in [0.15, 0.2) is 0 Å². The Morgan fingerprint density at radius 3 is 1.52 bits per heavy atom. The van der Waals surface area contributed by atoms with Crippen molar-refractivity contribution in [2.75, 3.05) is 0 Å². The van der Waals surface area contributed by atoms with Crippen molar-refractivity contribution in [3.05, 3.63) is 0 Å². The minimum absolute atomic E-state index is 0.108. The summed E-state index contributed by atoms with van der Waals surface area (Å²) >= 11 is 0. The predicted octanol–water partition coefficient (Wildman–Crippen LogP) is 7.99. The van der Waals surface area contributed by atoms with Gasteiger partial charge in [-0.05, 0) is 24.7 Å². The molecular formula is C23H46O2. The number of unbranched alkanes of at least 4 members (excludes halogenated alkanes) is 11. The van der Waals surface area contributed by atoms with Gasteiger partial charge in [0.1, 0.15) is 0 Å². The van der Waals surface area contributed by atoms with E-state index in [1.807, 2.05) is 0 Å². The van der Waals surface area contributed by atoms with Crippen molar-refractivity contribution in [2.24, 2.45) is 11.3 Å². The molecule has 0 aromatic rings. The normalized spacial score (nSPS) is 13.1. The zero-order valence-corrected chi connectivity index (χ0v) is 17.7. The lowest BCUT2D eigenvalue weighted by molar-refractivity contribution is -0.142. The van der Waals surface area contributed by atoms with Crippen molar-refractivity contribution >= 4 is 5.97 Å². The standard InChI is InChI=1S/C23H46O2/c1-5-6-7-8-9-10-11-12-13-15-18-21(22(24)25)19-16-14-17-20-23(2,3)4/h21H,5-20H2,1-4H3,(H,24,25). The molecule has 0 rings (SSSR count). The van der Waals surface area contributed by atoms with E-state index in [0.717, 1.165) is 25.7 Å². The summed E-state index contributed by atoms with van der Waals surface area (Å²) in [5.74, 6) is -0.685. The smallest absolute Gasteiger partial charge is 0.306 e. The van der Waals surface area contributed by atoms with Crippen LogP contribution in [0, 0.1) is 11.3 Å². The number of rotatable bonds is 17. The average molecular weight is 355 g/mol. The SMILES string of the molecule is CCCCCCCCCCCCC(CCCCCC(C)(C)C)C(=O)O. The van der Waals surface area contributed by atoms with E-state index in [2.05, 4.69) is 27.7 Å². The predicted molar refractivity (Wildman–Crippen MR) is 110 cm³/mol. The fourth-order valence-electron chi connectivity index (χ4n) is 3.49. The first-order chi connectivity index (χ1) is 11.9. The van der Waals surface area contributed by atoms with Crippen LogP contribution in [-0.4, -0.2) is 11.1 Å². The van der Waals surface area contributed by atoms with E-state index in [1.54, 1.807) is 0 Å². The van der Waals surface area contributed by atoms with E-state index in [1.165, 1.54) is 77.0 Å². The van der Waals surface area contributed by atoms with E-state index in [9.17, 15) is 9.90 Å². The fraction of sp³-hybridized carbons (Fsp3) is 0.957. The molecular weight excluding hydrogens is 308 g/mol. The molecule has 2 heteroatoms. The van der Waals surface area contributed by atoms with Gasteiger partial charge < -0.3 is 5.11 Å². The number of carboxylic acids is 1. The Hall–Kier alpha value is -0.530. The Kier molecular flexibility index (Phi) is 15.4. The summed E-state index contributed by atoms with van der Waals surface area (Å²) in [6.45, 7) is 9.09. The molecule has 0 aliphatic carbocycles. The van der Waals surface area contributed by atoms with Gasteiger partial charge in [-0.1, -0.05) is 111 Å². The third-order valence-electron chi connectivity index (χ3n) is 5.23. The Balaban J connectivity index is 3.56. The molecule has 1 N–H and O–H groups in total. The van der Waals surface area contributed by atoms with Crippen molar-refractivity contribution in [1.29, 1.82) is 0 Å². The van der Waals surface area contributed by atoms with Crippen molar-refractivity contribution < 1.29 is 9.90 Å². The maximum absolute atomic E-state index is 11.4. The quantitative estimate of drug-likeness (QED) is 0.269. The lowest BCUT2D eigenvalue weighted by Crippen LogP contribution is -2.13. The van der Waals surface area contributed by atoms with E-state index < -0.39 is 5.97 Å². The topological polar surface area (TPSA) is 37.3 Å². The minimum atomic E-state index is -0.577. The van der Waals surface area contributed by atoms with Gasteiger partial charge in [0.25, 0.3) is 0 Å². The van der Waals surface area contributed by atoms with Gasteiger partial charge in [-0.2, -0.15) is 0 Å². The number of carboxylic acid groups (broad SMARTS) is 1. The van der Waals surface area contributed by atoms with Crippen molar-refractivity contribution in [3.63, 3.8) is 0 Å². The summed E-state index contributed by atoms with van der Waals surface area (Å²) in [6.07, 6.45) is 19.6. The molecule has 0 spiro atoms. The number of aliphatic carboxylic acids is 1. The summed E-state index contributed by atoms with van der Waals surface area (Å²) in [5, 5.41) is 9.40. The number of carbonyl (C=O) groups is 1. The summed E-state index contributed by atoms with van der Waals surface area (Å²) < 4.78 is 0.